The molecule has 0 spiro atoms. The van der Waals surface area contributed by atoms with E-state index in [1.54, 1.807) is 19.2 Å². The summed E-state index contributed by atoms with van der Waals surface area (Å²) in [6.45, 7) is 5.01. The SMILES string of the molecule is COc1cccc(C(=O)NCC(C)(C)CCCBr)c1. The van der Waals surface area contributed by atoms with E-state index in [2.05, 4.69) is 35.1 Å². The van der Waals surface area contributed by atoms with Crippen molar-refractivity contribution < 1.29 is 9.53 Å². The highest BCUT2D eigenvalue weighted by Gasteiger charge is 2.18. The molecule has 0 bridgehead atoms. The molecule has 0 atom stereocenters. The summed E-state index contributed by atoms with van der Waals surface area (Å²) < 4.78 is 5.12. The summed E-state index contributed by atoms with van der Waals surface area (Å²) in [6, 6.07) is 7.20. The molecule has 1 aromatic rings. The third kappa shape index (κ3) is 5.64. The van der Waals surface area contributed by atoms with E-state index >= 15 is 0 Å². The van der Waals surface area contributed by atoms with E-state index in [0.29, 0.717) is 17.9 Å². The molecule has 1 rings (SSSR count). The van der Waals surface area contributed by atoms with Gasteiger partial charge < -0.3 is 10.1 Å². The molecule has 1 aromatic carbocycles. The molecule has 0 aromatic heterocycles. The molecule has 106 valence electrons. The highest BCUT2D eigenvalue weighted by atomic mass is 79.9. The first-order valence-corrected chi connectivity index (χ1v) is 7.59. The largest absolute Gasteiger partial charge is 0.497 e. The van der Waals surface area contributed by atoms with Crippen molar-refractivity contribution in [3.8, 4) is 5.75 Å². The van der Waals surface area contributed by atoms with E-state index in [9.17, 15) is 4.79 Å². The first-order chi connectivity index (χ1) is 8.98. The van der Waals surface area contributed by atoms with Gasteiger partial charge in [0.2, 0.25) is 0 Å². The fraction of sp³-hybridized carbons (Fsp3) is 0.533. The van der Waals surface area contributed by atoms with Gasteiger partial charge in [0.1, 0.15) is 5.75 Å². The normalized spacial score (nSPS) is 11.2. The van der Waals surface area contributed by atoms with Crippen LogP contribution in [-0.4, -0.2) is 24.9 Å². The van der Waals surface area contributed by atoms with Crippen molar-refractivity contribution in [1.29, 1.82) is 0 Å². The first kappa shape index (κ1) is 16.0. The predicted molar refractivity (Wildman–Crippen MR) is 82.1 cm³/mol. The molecule has 0 radical (unpaired) electrons. The summed E-state index contributed by atoms with van der Waals surface area (Å²) >= 11 is 3.43. The second kappa shape index (κ2) is 7.53. The molecule has 19 heavy (non-hydrogen) atoms. The fourth-order valence-corrected chi connectivity index (χ4v) is 2.10. The van der Waals surface area contributed by atoms with Crippen LogP contribution in [0.1, 0.15) is 37.0 Å². The molecule has 0 aliphatic rings. The van der Waals surface area contributed by atoms with Crippen LogP contribution in [0.3, 0.4) is 0 Å². The van der Waals surface area contributed by atoms with Crippen LogP contribution in [0.2, 0.25) is 0 Å². The predicted octanol–water partition coefficient (Wildman–Crippen LogP) is 3.63. The summed E-state index contributed by atoms with van der Waals surface area (Å²) in [7, 11) is 1.60. The Bertz CT molecular complexity index is 418. The van der Waals surface area contributed by atoms with E-state index in [0.717, 1.165) is 18.2 Å². The van der Waals surface area contributed by atoms with E-state index in [1.165, 1.54) is 0 Å². The number of carbonyl (C=O) groups excluding carboxylic acids is 1. The smallest absolute Gasteiger partial charge is 0.251 e. The van der Waals surface area contributed by atoms with Gasteiger partial charge in [0.15, 0.2) is 0 Å². The molecule has 3 nitrogen and oxygen atoms in total. The maximum atomic E-state index is 12.1. The second-order valence-electron chi connectivity index (χ2n) is 5.37. The summed E-state index contributed by atoms with van der Waals surface area (Å²) in [6.07, 6.45) is 2.19. The van der Waals surface area contributed by atoms with Gasteiger partial charge in [-0.25, -0.2) is 0 Å². The van der Waals surface area contributed by atoms with Gasteiger partial charge in [-0.3, -0.25) is 4.79 Å². The highest BCUT2D eigenvalue weighted by molar-refractivity contribution is 9.09. The zero-order chi connectivity index (χ0) is 14.3. The van der Waals surface area contributed by atoms with Crippen LogP contribution in [0.5, 0.6) is 5.75 Å². The van der Waals surface area contributed by atoms with Gasteiger partial charge in [0.25, 0.3) is 5.91 Å². The number of halogens is 1. The Morgan fingerprint density at radius 3 is 2.79 bits per heavy atom. The lowest BCUT2D eigenvalue weighted by molar-refractivity contribution is 0.0934. The molecule has 4 heteroatoms. The number of ether oxygens (including phenoxy) is 1. The number of nitrogens with one attached hydrogen (secondary N) is 1. The Morgan fingerprint density at radius 1 is 1.42 bits per heavy atom. The summed E-state index contributed by atoms with van der Waals surface area (Å²) in [4.78, 5) is 12.1. The van der Waals surface area contributed by atoms with Crippen molar-refractivity contribution in [2.75, 3.05) is 19.0 Å². The van der Waals surface area contributed by atoms with Crippen LogP contribution in [0, 0.1) is 5.41 Å². The lowest BCUT2D eigenvalue weighted by Gasteiger charge is -2.24. The molecule has 0 heterocycles. The van der Waals surface area contributed by atoms with Crippen LogP contribution in [0.4, 0.5) is 0 Å². The molecule has 0 saturated heterocycles. The van der Waals surface area contributed by atoms with Crippen molar-refractivity contribution in [2.24, 2.45) is 5.41 Å². The molecule has 0 unspecified atom stereocenters. The van der Waals surface area contributed by atoms with E-state index < -0.39 is 0 Å². The maximum absolute atomic E-state index is 12.1. The average Bonchev–Trinajstić information content (AvgIpc) is 2.43. The molecular formula is C15H22BrNO2. The molecule has 0 saturated carbocycles. The number of hydrogen-bond acceptors (Lipinski definition) is 2. The average molecular weight is 328 g/mol. The quantitative estimate of drug-likeness (QED) is 0.776. The van der Waals surface area contributed by atoms with Gasteiger partial charge in [0.05, 0.1) is 7.11 Å². The minimum Gasteiger partial charge on any atom is -0.497 e. The van der Waals surface area contributed by atoms with Gasteiger partial charge in [0, 0.05) is 17.4 Å². The van der Waals surface area contributed by atoms with Gasteiger partial charge >= 0.3 is 0 Å². The number of methoxy groups -OCH3 is 1. The molecule has 0 fully saturated rings. The number of carbonyl (C=O) groups is 1. The number of rotatable bonds is 7. The van der Waals surface area contributed by atoms with Crippen LogP contribution in [0.15, 0.2) is 24.3 Å². The molecule has 0 aliphatic heterocycles. The lowest BCUT2D eigenvalue weighted by atomic mass is 9.88. The number of alkyl halides is 1. The van der Waals surface area contributed by atoms with Crippen LogP contribution < -0.4 is 10.1 Å². The second-order valence-corrected chi connectivity index (χ2v) is 6.16. The monoisotopic (exact) mass is 327 g/mol. The number of amides is 1. The highest BCUT2D eigenvalue weighted by Crippen LogP contribution is 2.22. The number of benzene rings is 1. The maximum Gasteiger partial charge on any atom is 0.251 e. The zero-order valence-electron chi connectivity index (χ0n) is 11.8. The lowest BCUT2D eigenvalue weighted by Crippen LogP contribution is -2.34. The van der Waals surface area contributed by atoms with E-state index in [-0.39, 0.29) is 11.3 Å². The van der Waals surface area contributed by atoms with Crippen molar-refractivity contribution >= 4 is 21.8 Å². The Hall–Kier alpha value is -1.03. The van der Waals surface area contributed by atoms with Crippen molar-refractivity contribution in [3.05, 3.63) is 29.8 Å². The topological polar surface area (TPSA) is 38.3 Å². The summed E-state index contributed by atoms with van der Waals surface area (Å²) in [5.74, 6) is 0.650. The van der Waals surface area contributed by atoms with Crippen molar-refractivity contribution in [3.63, 3.8) is 0 Å². The van der Waals surface area contributed by atoms with Gasteiger partial charge in [-0.2, -0.15) is 0 Å². The third-order valence-corrected chi connectivity index (χ3v) is 3.61. The Kier molecular flexibility index (Phi) is 6.35. The van der Waals surface area contributed by atoms with E-state index in [4.69, 9.17) is 4.74 Å². The van der Waals surface area contributed by atoms with Crippen LogP contribution in [0.25, 0.3) is 0 Å². The van der Waals surface area contributed by atoms with Crippen molar-refractivity contribution in [2.45, 2.75) is 26.7 Å². The third-order valence-electron chi connectivity index (χ3n) is 3.05. The zero-order valence-corrected chi connectivity index (χ0v) is 13.4. The fourth-order valence-electron chi connectivity index (χ4n) is 1.82. The Morgan fingerprint density at radius 2 is 2.16 bits per heavy atom. The number of hydrogen-bond donors (Lipinski definition) is 1. The van der Waals surface area contributed by atoms with Crippen molar-refractivity contribution in [1.82, 2.24) is 5.32 Å². The van der Waals surface area contributed by atoms with Gasteiger partial charge in [-0.1, -0.05) is 35.8 Å². The minimum atomic E-state index is -0.0502. The summed E-state index contributed by atoms with van der Waals surface area (Å²) in [5.41, 5.74) is 0.748. The van der Waals surface area contributed by atoms with E-state index in [1.807, 2.05) is 12.1 Å². The standard InChI is InChI=1S/C15H22BrNO2/c1-15(2,8-5-9-16)11-17-14(18)12-6-4-7-13(10-12)19-3/h4,6-7,10H,5,8-9,11H2,1-3H3,(H,17,18). The molecule has 1 amide bonds. The minimum absolute atomic E-state index is 0.0502. The van der Waals surface area contributed by atoms with Gasteiger partial charge in [-0.05, 0) is 36.5 Å². The van der Waals surface area contributed by atoms with Gasteiger partial charge in [-0.15, -0.1) is 0 Å². The molecule has 0 aliphatic carbocycles. The molecule has 1 N–H and O–H groups in total. The Balaban J connectivity index is 2.55. The summed E-state index contributed by atoms with van der Waals surface area (Å²) in [5, 5.41) is 3.99. The van der Waals surface area contributed by atoms with Crippen LogP contribution >= 0.6 is 15.9 Å². The Labute approximate surface area is 123 Å². The first-order valence-electron chi connectivity index (χ1n) is 6.47. The molecular weight excluding hydrogens is 306 g/mol. The van der Waals surface area contributed by atoms with Crippen LogP contribution in [-0.2, 0) is 0 Å².